The van der Waals surface area contributed by atoms with E-state index in [1.807, 2.05) is 0 Å². The van der Waals surface area contributed by atoms with Gasteiger partial charge in [-0.15, -0.1) is 0 Å². The van der Waals surface area contributed by atoms with Crippen molar-refractivity contribution in [3.63, 3.8) is 0 Å². The zero-order chi connectivity index (χ0) is 14.3. The third kappa shape index (κ3) is 6.04. The van der Waals surface area contributed by atoms with Crippen LogP contribution in [0.1, 0.15) is 13.3 Å². The maximum Gasteiger partial charge on any atom is 0.175 e. The number of aliphatic hydroxyl groups excluding tert-OH is 1. The largest absolute Gasteiger partial charge is 0.491 e. The molecule has 0 radical (unpaired) electrons. The average Bonchev–Trinajstić information content (AvgIpc) is 2.36. The van der Waals surface area contributed by atoms with Gasteiger partial charge in [-0.2, -0.15) is 0 Å². The predicted molar refractivity (Wildman–Crippen MR) is 74.2 cm³/mol. The fourth-order valence-corrected chi connectivity index (χ4v) is 2.11. The number of ether oxygens (including phenoxy) is 1. The van der Waals surface area contributed by atoms with Crippen LogP contribution in [0.5, 0.6) is 5.75 Å². The first-order valence-corrected chi connectivity index (χ1v) is 8.14. The molecule has 0 heterocycles. The highest BCUT2D eigenvalue weighted by Gasteiger charge is 2.08. The van der Waals surface area contributed by atoms with Crippen molar-refractivity contribution in [2.24, 2.45) is 0 Å². The van der Waals surface area contributed by atoms with Crippen LogP contribution >= 0.6 is 0 Å². The van der Waals surface area contributed by atoms with Crippen molar-refractivity contribution in [2.75, 3.05) is 26.0 Å². The van der Waals surface area contributed by atoms with E-state index < -0.39 is 15.9 Å². The van der Waals surface area contributed by atoms with Crippen molar-refractivity contribution < 1.29 is 18.3 Å². The molecule has 0 bridgehead atoms. The van der Waals surface area contributed by atoms with E-state index in [0.717, 1.165) is 19.2 Å². The van der Waals surface area contributed by atoms with E-state index >= 15 is 0 Å². The van der Waals surface area contributed by atoms with Crippen LogP contribution < -0.4 is 10.1 Å². The smallest absolute Gasteiger partial charge is 0.175 e. The zero-order valence-corrected chi connectivity index (χ0v) is 12.1. The zero-order valence-electron chi connectivity index (χ0n) is 11.3. The molecule has 2 N–H and O–H groups in total. The number of nitrogens with one attached hydrogen (secondary N) is 1. The van der Waals surface area contributed by atoms with Gasteiger partial charge in [-0.3, -0.25) is 0 Å². The second-order valence-electron chi connectivity index (χ2n) is 4.41. The van der Waals surface area contributed by atoms with Crippen LogP contribution in [0.25, 0.3) is 0 Å². The minimum Gasteiger partial charge on any atom is -0.491 e. The molecule has 0 aliphatic carbocycles. The Morgan fingerprint density at radius 1 is 1.32 bits per heavy atom. The van der Waals surface area contributed by atoms with Gasteiger partial charge in [0.15, 0.2) is 9.84 Å². The summed E-state index contributed by atoms with van der Waals surface area (Å²) in [5, 5.41) is 12.7. The van der Waals surface area contributed by atoms with E-state index in [9.17, 15) is 13.5 Å². The molecular formula is C13H21NO4S. The summed E-state index contributed by atoms with van der Waals surface area (Å²) in [6.45, 7) is 3.57. The number of aliphatic hydroxyl groups is 1. The Bertz CT molecular complexity index is 470. The Hall–Kier alpha value is -1.11. The molecule has 0 aliphatic heterocycles. The second-order valence-corrected chi connectivity index (χ2v) is 6.43. The van der Waals surface area contributed by atoms with Gasteiger partial charge >= 0.3 is 0 Å². The molecule has 108 valence electrons. The molecule has 1 aromatic rings. The van der Waals surface area contributed by atoms with Crippen molar-refractivity contribution in [2.45, 2.75) is 24.3 Å². The van der Waals surface area contributed by atoms with Crippen LogP contribution in [0.4, 0.5) is 0 Å². The van der Waals surface area contributed by atoms with Crippen molar-refractivity contribution in [1.82, 2.24) is 5.32 Å². The maximum absolute atomic E-state index is 11.3. The first-order chi connectivity index (χ1) is 8.93. The molecular weight excluding hydrogens is 266 g/mol. The lowest BCUT2D eigenvalue weighted by molar-refractivity contribution is 0.106. The summed E-state index contributed by atoms with van der Waals surface area (Å²) in [4.78, 5) is 0.255. The molecule has 0 spiro atoms. The van der Waals surface area contributed by atoms with E-state index in [0.29, 0.717) is 12.3 Å². The monoisotopic (exact) mass is 287 g/mol. The van der Waals surface area contributed by atoms with Crippen LogP contribution in [0, 0.1) is 0 Å². The number of hydrogen-bond acceptors (Lipinski definition) is 5. The normalized spacial score (nSPS) is 13.2. The van der Waals surface area contributed by atoms with Crippen molar-refractivity contribution in [3.8, 4) is 5.75 Å². The first-order valence-electron chi connectivity index (χ1n) is 6.25. The van der Waals surface area contributed by atoms with Crippen LogP contribution in [0.15, 0.2) is 29.2 Å². The van der Waals surface area contributed by atoms with E-state index in [-0.39, 0.29) is 11.5 Å². The summed E-state index contributed by atoms with van der Waals surface area (Å²) < 4.78 is 27.9. The SMILES string of the molecule is CCCNCC(O)COc1ccc(S(C)(=O)=O)cc1. The van der Waals surface area contributed by atoms with Crippen molar-refractivity contribution in [1.29, 1.82) is 0 Å². The van der Waals surface area contributed by atoms with Gasteiger partial charge in [0.05, 0.1) is 4.90 Å². The van der Waals surface area contributed by atoms with Gasteiger partial charge in [-0.25, -0.2) is 8.42 Å². The fourth-order valence-electron chi connectivity index (χ4n) is 1.48. The lowest BCUT2D eigenvalue weighted by atomic mass is 10.3. The fraction of sp³-hybridized carbons (Fsp3) is 0.538. The highest BCUT2D eigenvalue weighted by Crippen LogP contribution is 2.15. The van der Waals surface area contributed by atoms with Gasteiger partial charge in [0.1, 0.15) is 18.5 Å². The molecule has 0 amide bonds. The van der Waals surface area contributed by atoms with E-state index in [2.05, 4.69) is 12.2 Å². The van der Waals surface area contributed by atoms with Crippen molar-refractivity contribution in [3.05, 3.63) is 24.3 Å². The van der Waals surface area contributed by atoms with Crippen LogP contribution in [0.2, 0.25) is 0 Å². The minimum atomic E-state index is -3.18. The molecule has 0 aliphatic rings. The summed E-state index contributed by atoms with van der Waals surface area (Å²) in [5.41, 5.74) is 0. The first kappa shape index (κ1) is 15.9. The lowest BCUT2D eigenvalue weighted by Crippen LogP contribution is -2.31. The number of benzene rings is 1. The van der Waals surface area contributed by atoms with Crippen molar-refractivity contribution >= 4 is 9.84 Å². The Morgan fingerprint density at radius 2 is 1.95 bits per heavy atom. The van der Waals surface area contributed by atoms with E-state index in [4.69, 9.17) is 4.74 Å². The Balaban J connectivity index is 2.42. The van der Waals surface area contributed by atoms with Gasteiger partial charge in [0.25, 0.3) is 0 Å². The Morgan fingerprint density at radius 3 is 2.47 bits per heavy atom. The second kappa shape index (κ2) is 7.47. The molecule has 19 heavy (non-hydrogen) atoms. The molecule has 0 fully saturated rings. The quantitative estimate of drug-likeness (QED) is 0.693. The molecule has 1 atom stereocenters. The molecule has 0 saturated carbocycles. The molecule has 1 unspecified atom stereocenters. The third-order valence-corrected chi connectivity index (χ3v) is 3.63. The molecule has 1 rings (SSSR count). The van der Waals surface area contributed by atoms with Gasteiger partial charge in [-0.05, 0) is 37.2 Å². The van der Waals surface area contributed by atoms with Gasteiger partial charge in [-0.1, -0.05) is 6.92 Å². The third-order valence-electron chi connectivity index (χ3n) is 2.50. The molecule has 0 saturated heterocycles. The van der Waals surface area contributed by atoms with Crippen LogP contribution in [-0.4, -0.2) is 45.6 Å². The maximum atomic E-state index is 11.3. The minimum absolute atomic E-state index is 0.176. The molecule has 6 heteroatoms. The van der Waals surface area contributed by atoms with Gasteiger partial charge in [0.2, 0.25) is 0 Å². The van der Waals surface area contributed by atoms with E-state index in [1.54, 1.807) is 12.1 Å². The molecule has 1 aromatic carbocycles. The number of sulfone groups is 1. The average molecular weight is 287 g/mol. The summed E-state index contributed by atoms with van der Waals surface area (Å²) in [6.07, 6.45) is 1.59. The predicted octanol–water partition coefficient (Wildman–Crippen LogP) is 0.829. The molecule has 5 nitrogen and oxygen atoms in total. The van der Waals surface area contributed by atoms with Crippen LogP contribution in [-0.2, 0) is 9.84 Å². The van der Waals surface area contributed by atoms with Crippen LogP contribution in [0.3, 0.4) is 0 Å². The summed E-state index contributed by atoms with van der Waals surface area (Å²) in [6, 6.07) is 6.16. The van der Waals surface area contributed by atoms with Gasteiger partial charge in [0, 0.05) is 12.8 Å². The topological polar surface area (TPSA) is 75.6 Å². The highest BCUT2D eigenvalue weighted by atomic mass is 32.2. The Labute approximate surface area is 114 Å². The van der Waals surface area contributed by atoms with E-state index in [1.165, 1.54) is 12.1 Å². The summed E-state index contributed by atoms with van der Waals surface area (Å²) in [5.74, 6) is 0.543. The number of hydrogen-bond donors (Lipinski definition) is 2. The summed E-state index contributed by atoms with van der Waals surface area (Å²) >= 11 is 0. The lowest BCUT2D eigenvalue weighted by Gasteiger charge is -2.13. The number of rotatable bonds is 8. The molecule has 0 aromatic heterocycles. The Kier molecular flexibility index (Phi) is 6.27. The summed E-state index contributed by atoms with van der Waals surface area (Å²) in [7, 11) is -3.18. The standard InChI is InChI=1S/C13H21NO4S/c1-3-8-14-9-11(15)10-18-12-4-6-13(7-5-12)19(2,16)17/h4-7,11,14-15H,3,8-10H2,1-2H3. The van der Waals surface area contributed by atoms with Gasteiger partial charge < -0.3 is 15.2 Å². The highest BCUT2D eigenvalue weighted by molar-refractivity contribution is 7.90.